The highest BCUT2D eigenvalue weighted by Crippen LogP contribution is 2.21. The van der Waals surface area contributed by atoms with Crippen LogP contribution in [0.5, 0.6) is 0 Å². The molecule has 0 aliphatic heterocycles. The van der Waals surface area contributed by atoms with Crippen molar-refractivity contribution < 1.29 is 0 Å². The number of halogens is 1. The van der Waals surface area contributed by atoms with E-state index in [1.54, 1.807) is 0 Å². The second-order valence-electron chi connectivity index (χ2n) is 4.17. The van der Waals surface area contributed by atoms with E-state index in [2.05, 4.69) is 46.5 Å². The Morgan fingerprint density at radius 2 is 2.19 bits per heavy atom. The lowest BCUT2D eigenvalue weighted by molar-refractivity contribution is 0.448. The molecule has 0 amide bonds. The van der Waals surface area contributed by atoms with E-state index in [1.165, 1.54) is 41.5 Å². The Hall–Kier alpha value is 0.140. The van der Waals surface area contributed by atoms with Crippen molar-refractivity contribution in [2.24, 2.45) is 0 Å². The molecule has 0 aliphatic carbocycles. The highest BCUT2D eigenvalue weighted by atomic mass is 79.9. The van der Waals surface area contributed by atoms with Gasteiger partial charge in [0.15, 0.2) is 0 Å². The fraction of sp³-hybridized carbons (Fsp3) is 0.692. The summed E-state index contributed by atoms with van der Waals surface area (Å²) in [7, 11) is 0. The first kappa shape index (κ1) is 14.2. The van der Waals surface area contributed by atoms with E-state index in [0.717, 1.165) is 12.6 Å². The number of aryl methyl sites for hydroxylation is 1. The average Bonchev–Trinajstić information content (AvgIpc) is 2.65. The van der Waals surface area contributed by atoms with Crippen molar-refractivity contribution in [2.75, 3.05) is 6.54 Å². The van der Waals surface area contributed by atoms with Gasteiger partial charge in [0, 0.05) is 20.8 Å². The summed E-state index contributed by atoms with van der Waals surface area (Å²) in [5.41, 5.74) is 0. The van der Waals surface area contributed by atoms with Crippen LogP contribution in [0.1, 0.15) is 44.4 Å². The molecule has 16 heavy (non-hydrogen) atoms. The molecule has 0 aromatic carbocycles. The van der Waals surface area contributed by atoms with Gasteiger partial charge in [-0.15, -0.1) is 11.3 Å². The summed E-state index contributed by atoms with van der Waals surface area (Å²) in [6.45, 7) is 5.55. The Bertz CT molecular complexity index is 279. The van der Waals surface area contributed by atoms with Gasteiger partial charge in [0.05, 0.1) is 0 Å². The fourth-order valence-corrected chi connectivity index (χ4v) is 3.49. The van der Waals surface area contributed by atoms with Gasteiger partial charge in [-0.1, -0.05) is 20.3 Å². The molecule has 1 nitrogen and oxygen atoms in total. The van der Waals surface area contributed by atoms with Gasteiger partial charge in [-0.3, -0.25) is 0 Å². The van der Waals surface area contributed by atoms with Crippen molar-refractivity contribution in [3.63, 3.8) is 0 Å². The van der Waals surface area contributed by atoms with Crippen LogP contribution in [0, 0.1) is 0 Å². The second kappa shape index (κ2) is 8.26. The second-order valence-corrected chi connectivity index (χ2v) is 6.08. The Morgan fingerprint density at radius 3 is 2.75 bits per heavy atom. The van der Waals surface area contributed by atoms with Crippen molar-refractivity contribution >= 4 is 27.3 Å². The molecule has 0 spiro atoms. The van der Waals surface area contributed by atoms with E-state index in [4.69, 9.17) is 0 Å². The number of hydrogen-bond acceptors (Lipinski definition) is 2. The number of hydrogen-bond donors (Lipinski definition) is 1. The Balaban J connectivity index is 2.21. The molecule has 1 N–H and O–H groups in total. The first-order chi connectivity index (χ1) is 7.76. The Labute approximate surface area is 112 Å². The van der Waals surface area contributed by atoms with Gasteiger partial charge < -0.3 is 5.32 Å². The molecule has 1 rings (SSSR count). The molecule has 0 fully saturated rings. The maximum atomic E-state index is 3.57. The third-order valence-electron chi connectivity index (χ3n) is 2.73. The molecule has 0 saturated heterocycles. The molecule has 1 atom stereocenters. The minimum Gasteiger partial charge on any atom is -0.314 e. The van der Waals surface area contributed by atoms with Gasteiger partial charge in [-0.2, -0.15) is 0 Å². The standard InChI is InChI=1S/C13H22BrNS/c1-3-6-12(15-4-2)7-5-8-13-9-11(14)10-16-13/h9-10,12,15H,3-8H2,1-2H3. The van der Waals surface area contributed by atoms with E-state index in [1.807, 2.05) is 11.3 Å². The molecule has 0 bridgehead atoms. The third kappa shape index (κ3) is 5.46. The topological polar surface area (TPSA) is 12.0 Å². The van der Waals surface area contributed by atoms with E-state index in [-0.39, 0.29) is 0 Å². The largest absolute Gasteiger partial charge is 0.314 e. The number of nitrogens with one attached hydrogen (secondary N) is 1. The monoisotopic (exact) mass is 303 g/mol. The highest BCUT2D eigenvalue weighted by molar-refractivity contribution is 9.10. The predicted octanol–water partition coefficient (Wildman–Crippen LogP) is 4.61. The van der Waals surface area contributed by atoms with Gasteiger partial charge in [0.1, 0.15) is 0 Å². The van der Waals surface area contributed by atoms with Gasteiger partial charge in [-0.25, -0.2) is 0 Å². The maximum Gasteiger partial charge on any atom is 0.0285 e. The van der Waals surface area contributed by atoms with Crippen LogP contribution in [0.4, 0.5) is 0 Å². The lowest BCUT2D eigenvalue weighted by Gasteiger charge is -2.16. The zero-order valence-corrected chi connectivity index (χ0v) is 12.7. The van der Waals surface area contributed by atoms with Crippen molar-refractivity contribution in [2.45, 2.75) is 52.0 Å². The Morgan fingerprint density at radius 1 is 1.38 bits per heavy atom. The minimum atomic E-state index is 0.721. The normalized spacial score (nSPS) is 12.9. The summed E-state index contributed by atoms with van der Waals surface area (Å²) < 4.78 is 1.23. The number of rotatable bonds is 8. The van der Waals surface area contributed by atoms with Gasteiger partial charge in [0.25, 0.3) is 0 Å². The first-order valence-electron chi connectivity index (χ1n) is 6.22. The van der Waals surface area contributed by atoms with Crippen molar-refractivity contribution in [3.8, 4) is 0 Å². The molecule has 1 aromatic rings. The van der Waals surface area contributed by atoms with Crippen LogP contribution < -0.4 is 5.32 Å². The van der Waals surface area contributed by atoms with Crippen LogP contribution >= 0.6 is 27.3 Å². The van der Waals surface area contributed by atoms with Crippen LogP contribution in [0.3, 0.4) is 0 Å². The molecule has 92 valence electrons. The SMILES string of the molecule is CCCC(CCCc1cc(Br)cs1)NCC. The van der Waals surface area contributed by atoms with Gasteiger partial charge >= 0.3 is 0 Å². The van der Waals surface area contributed by atoms with E-state index in [0.29, 0.717) is 0 Å². The van der Waals surface area contributed by atoms with Gasteiger partial charge in [0.2, 0.25) is 0 Å². The molecule has 1 aromatic heterocycles. The van der Waals surface area contributed by atoms with Gasteiger partial charge in [-0.05, 0) is 54.2 Å². The van der Waals surface area contributed by atoms with Crippen molar-refractivity contribution in [3.05, 3.63) is 20.8 Å². The number of thiophene rings is 1. The summed E-state index contributed by atoms with van der Waals surface area (Å²) in [6, 6.07) is 2.96. The highest BCUT2D eigenvalue weighted by Gasteiger charge is 2.06. The summed E-state index contributed by atoms with van der Waals surface area (Å²) in [5.74, 6) is 0. The van der Waals surface area contributed by atoms with Crippen molar-refractivity contribution in [1.29, 1.82) is 0 Å². The molecule has 0 aliphatic rings. The summed E-state index contributed by atoms with van der Waals surface area (Å²) in [6.07, 6.45) is 6.41. The average molecular weight is 304 g/mol. The molecule has 0 saturated carbocycles. The molecule has 3 heteroatoms. The first-order valence-corrected chi connectivity index (χ1v) is 7.89. The van der Waals surface area contributed by atoms with Crippen molar-refractivity contribution in [1.82, 2.24) is 5.32 Å². The molecule has 1 unspecified atom stereocenters. The van der Waals surface area contributed by atoms with E-state index in [9.17, 15) is 0 Å². The van der Waals surface area contributed by atoms with Crippen LogP contribution in [0.25, 0.3) is 0 Å². The van der Waals surface area contributed by atoms with Crippen LogP contribution in [-0.2, 0) is 6.42 Å². The lowest BCUT2D eigenvalue weighted by Crippen LogP contribution is -2.28. The minimum absolute atomic E-state index is 0.721. The van der Waals surface area contributed by atoms with Crippen LogP contribution in [-0.4, -0.2) is 12.6 Å². The predicted molar refractivity (Wildman–Crippen MR) is 77.3 cm³/mol. The third-order valence-corrected chi connectivity index (χ3v) is 4.48. The molecular weight excluding hydrogens is 282 g/mol. The maximum absolute atomic E-state index is 3.57. The Kier molecular flexibility index (Phi) is 7.33. The summed E-state index contributed by atoms with van der Waals surface area (Å²) in [5, 5.41) is 5.74. The van der Waals surface area contributed by atoms with E-state index < -0.39 is 0 Å². The molecular formula is C13H22BrNS. The zero-order valence-electron chi connectivity index (χ0n) is 10.3. The van der Waals surface area contributed by atoms with Crippen LogP contribution in [0.15, 0.2) is 15.9 Å². The molecule has 0 radical (unpaired) electrons. The summed E-state index contributed by atoms with van der Waals surface area (Å²) in [4.78, 5) is 1.50. The quantitative estimate of drug-likeness (QED) is 0.739. The molecule has 1 heterocycles. The summed E-state index contributed by atoms with van der Waals surface area (Å²) >= 11 is 5.36. The zero-order chi connectivity index (χ0) is 11.8. The smallest absolute Gasteiger partial charge is 0.0285 e. The van der Waals surface area contributed by atoms with E-state index >= 15 is 0 Å². The fourth-order valence-electron chi connectivity index (χ4n) is 1.99. The lowest BCUT2D eigenvalue weighted by atomic mass is 10.0. The van der Waals surface area contributed by atoms with Crippen LogP contribution in [0.2, 0.25) is 0 Å².